The van der Waals surface area contributed by atoms with Gasteiger partial charge in [0.15, 0.2) is 17.6 Å². The molecule has 2 aliphatic heterocycles. The molecule has 3 aromatic heterocycles. The second-order valence-corrected chi connectivity index (χ2v) is 14.7. The van der Waals surface area contributed by atoms with E-state index in [4.69, 9.17) is 24.4 Å². The topological polar surface area (TPSA) is 168 Å². The van der Waals surface area contributed by atoms with Gasteiger partial charge in [0.25, 0.3) is 0 Å². The number of aliphatic hydroxyl groups excluding tert-OH is 2. The maximum atomic E-state index is 12.0. The van der Waals surface area contributed by atoms with Gasteiger partial charge in [0.1, 0.15) is 11.8 Å². The fraction of sp³-hybridized carbons (Fsp3) is 0.463. The first kappa shape index (κ1) is 38.3. The van der Waals surface area contributed by atoms with Crippen molar-refractivity contribution in [2.75, 3.05) is 46.4 Å². The molecule has 14 nitrogen and oxygen atoms in total. The number of carboxylic acid groups (broad SMARTS) is 1. The number of aryl methyl sites for hydroxylation is 1. The summed E-state index contributed by atoms with van der Waals surface area (Å²) in [4.78, 5) is 39.7. The van der Waals surface area contributed by atoms with Gasteiger partial charge in [-0.05, 0) is 74.3 Å². The number of aromatic carboxylic acids is 1. The Morgan fingerprint density at radius 3 is 2.49 bits per heavy atom. The van der Waals surface area contributed by atoms with Crippen LogP contribution in [0, 0.1) is 5.92 Å². The van der Waals surface area contributed by atoms with Crippen LogP contribution < -0.4 is 9.47 Å². The van der Waals surface area contributed by atoms with E-state index in [9.17, 15) is 19.5 Å². The molecule has 4 aliphatic rings. The minimum atomic E-state index is -0.956. The highest BCUT2D eigenvalue weighted by atomic mass is 16.6. The smallest absolute Gasteiger partial charge is 0.338 e. The van der Waals surface area contributed by atoms with Crippen molar-refractivity contribution < 1.29 is 43.9 Å². The molecular formula is C41H49N5O9. The standard InChI is InChI=1S/C21H23NO5.C20H26N4O4/c1-11(23)25-16-6-4-13-10-15-14-5-7-17(26-12(2)24)20-21(14,8-9-22(15)3)18(13)19(16)27-20;1-2-15-17-5-3-4-7-24(17)19(18(15)20(27)28)16-6-8-23(21-16)10-9-22(11-13-25)12-14-26/h4-7,14-15,17,20H,8-10H2,1-3H3;3-8,25-26H,2,9-14H2,1H3,(H,27,28)/t14-,15+,17-,20-,21-;/m0./s1. The van der Waals surface area contributed by atoms with Gasteiger partial charge in [0, 0.05) is 74.3 Å². The highest BCUT2D eigenvalue weighted by Crippen LogP contribution is 2.62. The van der Waals surface area contributed by atoms with Crippen LogP contribution >= 0.6 is 0 Å². The summed E-state index contributed by atoms with van der Waals surface area (Å²) in [6.45, 7) is 7.96. The van der Waals surface area contributed by atoms with Crippen LogP contribution in [0.3, 0.4) is 0 Å². The van der Waals surface area contributed by atoms with Gasteiger partial charge in [-0.2, -0.15) is 5.10 Å². The molecular weight excluding hydrogens is 706 g/mol. The summed E-state index contributed by atoms with van der Waals surface area (Å²) in [6.07, 6.45) is 9.61. The number of piperidine rings is 1. The number of ether oxygens (including phenoxy) is 3. The number of hydrogen-bond donors (Lipinski definition) is 3. The summed E-state index contributed by atoms with van der Waals surface area (Å²) in [5.41, 5.74) is 5.32. The van der Waals surface area contributed by atoms with Gasteiger partial charge in [-0.15, -0.1) is 0 Å². The Labute approximate surface area is 319 Å². The van der Waals surface area contributed by atoms with Crippen molar-refractivity contribution in [1.82, 2.24) is 24.0 Å². The first-order valence-electron chi connectivity index (χ1n) is 18.9. The molecule has 0 unspecified atom stereocenters. The molecule has 1 saturated heterocycles. The summed E-state index contributed by atoms with van der Waals surface area (Å²) in [6, 6.07) is 11.8. The van der Waals surface area contributed by atoms with Crippen LogP contribution in [0.5, 0.6) is 11.5 Å². The number of aliphatic hydroxyl groups is 2. The van der Waals surface area contributed by atoms with E-state index in [2.05, 4.69) is 29.2 Å². The van der Waals surface area contributed by atoms with Crippen molar-refractivity contribution in [2.24, 2.45) is 5.92 Å². The Bertz CT molecular complexity index is 2120. The number of carboxylic acids is 1. The number of carbonyl (C=O) groups excluding carboxylic acids is 2. The lowest BCUT2D eigenvalue weighted by atomic mass is 9.53. The van der Waals surface area contributed by atoms with Crippen molar-refractivity contribution >= 4 is 23.4 Å². The molecule has 4 aromatic rings. The Balaban J connectivity index is 0.000000169. The van der Waals surface area contributed by atoms with Crippen LogP contribution in [0.15, 0.2) is 60.9 Å². The number of rotatable bonds is 12. The van der Waals surface area contributed by atoms with Crippen LogP contribution in [-0.2, 0) is 39.1 Å². The first-order chi connectivity index (χ1) is 26.5. The van der Waals surface area contributed by atoms with E-state index >= 15 is 0 Å². The van der Waals surface area contributed by atoms with Crippen molar-refractivity contribution in [2.45, 2.75) is 70.2 Å². The molecule has 292 valence electrons. The zero-order chi connectivity index (χ0) is 39.0. The van der Waals surface area contributed by atoms with Crippen molar-refractivity contribution in [3.8, 4) is 22.9 Å². The summed E-state index contributed by atoms with van der Waals surface area (Å²) in [5.74, 6) is -0.244. The van der Waals surface area contributed by atoms with Crippen LogP contribution in [0.2, 0.25) is 0 Å². The Morgan fingerprint density at radius 2 is 1.80 bits per heavy atom. The number of pyridine rings is 1. The predicted molar refractivity (Wildman–Crippen MR) is 202 cm³/mol. The lowest BCUT2D eigenvalue weighted by molar-refractivity contribution is -0.152. The molecule has 5 heterocycles. The van der Waals surface area contributed by atoms with Crippen molar-refractivity contribution in [3.05, 3.63) is 83.2 Å². The molecule has 55 heavy (non-hydrogen) atoms. The van der Waals surface area contributed by atoms with E-state index in [1.54, 1.807) is 4.68 Å². The Morgan fingerprint density at radius 1 is 1.02 bits per heavy atom. The fourth-order valence-corrected chi connectivity index (χ4v) is 9.33. The molecule has 5 atom stereocenters. The molecule has 14 heteroatoms. The minimum absolute atomic E-state index is 0.0300. The molecule has 3 N–H and O–H groups in total. The lowest BCUT2D eigenvalue weighted by Crippen LogP contribution is -2.65. The van der Waals surface area contributed by atoms with E-state index < -0.39 is 12.1 Å². The van der Waals surface area contributed by atoms with Gasteiger partial charge in [-0.3, -0.25) is 19.2 Å². The monoisotopic (exact) mass is 755 g/mol. The number of carbonyl (C=O) groups is 3. The number of hydrogen-bond acceptors (Lipinski definition) is 11. The molecule has 0 amide bonds. The summed E-state index contributed by atoms with van der Waals surface area (Å²) >= 11 is 0. The third kappa shape index (κ3) is 6.81. The van der Waals surface area contributed by atoms with E-state index in [-0.39, 0.29) is 42.6 Å². The van der Waals surface area contributed by atoms with Crippen LogP contribution in [0.1, 0.15) is 54.2 Å². The van der Waals surface area contributed by atoms with Gasteiger partial charge in [0.2, 0.25) is 0 Å². The maximum Gasteiger partial charge on any atom is 0.338 e. The van der Waals surface area contributed by atoms with Gasteiger partial charge in [-0.1, -0.05) is 25.1 Å². The van der Waals surface area contributed by atoms with Crippen molar-refractivity contribution in [3.63, 3.8) is 0 Å². The van der Waals surface area contributed by atoms with Gasteiger partial charge < -0.3 is 38.8 Å². The molecule has 1 fully saturated rings. The average Bonchev–Trinajstić information content (AvgIpc) is 3.86. The molecule has 1 aromatic carbocycles. The number of aromatic nitrogens is 3. The van der Waals surface area contributed by atoms with Crippen LogP contribution in [0.25, 0.3) is 16.9 Å². The molecule has 8 rings (SSSR count). The molecule has 2 aliphatic carbocycles. The largest absolute Gasteiger partial charge is 0.481 e. The SMILES string of the molecule is CC(=O)Oc1ccc2c3c1O[C@H]1[C@@H](OC(C)=O)C=C[C@H]4[C@@H](C2)N(C)CC[C@@]341.CCc1c(C(=O)O)c(-c2ccn(CCN(CCO)CCO)n2)n2ccccc12. The Hall–Kier alpha value is -5.02. The Kier molecular flexibility index (Phi) is 10.9. The molecule has 1 spiro atoms. The van der Waals surface area contributed by atoms with Gasteiger partial charge in [-0.25, -0.2) is 4.79 Å². The highest BCUT2D eigenvalue weighted by Gasteiger charge is 2.65. The number of likely N-dealkylation sites (tertiary alicyclic amines) is 1. The number of nitrogens with zero attached hydrogens (tertiary/aromatic N) is 5. The number of likely N-dealkylation sites (N-methyl/N-ethyl adjacent to an activating group) is 1. The maximum absolute atomic E-state index is 12.0. The third-order valence-electron chi connectivity index (χ3n) is 11.5. The van der Waals surface area contributed by atoms with Gasteiger partial charge in [0.05, 0.1) is 31.0 Å². The lowest BCUT2D eigenvalue weighted by Gasteiger charge is -2.56. The number of esters is 2. The van der Waals surface area contributed by atoms with Gasteiger partial charge >= 0.3 is 17.9 Å². The molecule has 2 bridgehead atoms. The zero-order valence-electron chi connectivity index (χ0n) is 31.7. The predicted octanol–water partition coefficient (Wildman–Crippen LogP) is 3.34. The first-order valence-corrected chi connectivity index (χ1v) is 18.9. The third-order valence-corrected chi connectivity index (χ3v) is 11.5. The normalized spacial score (nSPS) is 23.2. The summed E-state index contributed by atoms with van der Waals surface area (Å²) in [7, 11) is 2.17. The second-order valence-electron chi connectivity index (χ2n) is 14.7. The zero-order valence-corrected chi connectivity index (χ0v) is 31.7. The molecule has 0 saturated carbocycles. The highest BCUT2D eigenvalue weighted by molar-refractivity contribution is 6.00. The summed E-state index contributed by atoms with van der Waals surface area (Å²) < 4.78 is 21.1. The fourth-order valence-electron chi connectivity index (χ4n) is 9.33. The number of fused-ring (bicyclic) bond motifs is 1. The quantitative estimate of drug-likeness (QED) is 0.110. The van der Waals surface area contributed by atoms with E-state index in [0.717, 1.165) is 36.0 Å². The van der Waals surface area contributed by atoms with Crippen molar-refractivity contribution in [1.29, 1.82) is 0 Å². The average molecular weight is 756 g/mol. The van der Waals surface area contributed by atoms with Crippen LogP contribution in [-0.4, -0.2) is 122 Å². The van der Waals surface area contributed by atoms with Crippen LogP contribution in [0.4, 0.5) is 0 Å². The number of benzene rings is 1. The summed E-state index contributed by atoms with van der Waals surface area (Å²) in [5, 5.41) is 32.7. The minimum Gasteiger partial charge on any atom is -0.481 e. The second kappa shape index (κ2) is 15.6. The molecule has 0 radical (unpaired) electrons. The van der Waals surface area contributed by atoms with E-state index in [0.29, 0.717) is 67.1 Å². The van der Waals surface area contributed by atoms with E-state index in [1.807, 2.05) is 65.0 Å². The van der Waals surface area contributed by atoms with E-state index in [1.165, 1.54) is 19.4 Å².